The van der Waals surface area contributed by atoms with Crippen LogP contribution >= 0.6 is 0 Å². The number of phenolic OH excluding ortho intramolecular Hbond substituents is 1. The van der Waals surface area contributed by atoms with E-state index in [0.717, 1.165) is 45.8 Å². The van der Waals surface area contributed by atoms with Crippen LogP contribution in [0.25, 0.3) is 11.6 Å². The van der Waals surface area contributed by atoms with Crippen LogP contribution in [-0.4, -0.2) is 40.2 Å². The number of anilines is 3. The molecule has 3 aromatic carbocycles. The maximum atomic E-state index is 14.2. The number of aromatic nitrogens is 1. The van der Waals surface area contributed by atoms with Crippen LogP contribution in [0.4, 0.5) is 17.1 Å². The van der Waals surface area contributed by atoms with Gasteiger partial charge in [0.1, 0.15) is 5.75 Å². The molecule has 2 fully saturated rings. The predicted molar refractivity (Wildman–Crippen MR) is 188 cm³/mol. The average Bonchev–Trinajstić information content (AvgIpc) is 3.36. The molecule has 0 radical (unpaired) electrons. The average molecular weight is 640 g/mol. The first-order valence-corrected chi connectivity index (χ1v) is 16.7. The van der Waals surface area contributed by atoms with Gasteiger partial charge in [-0.2, -0.15) is 0 Å². The number of nitrogens with zero attached hydrogens (tertiary/aromatic N) is 2. The van der Waals surface area contributed by atoms with Crippen LogP contribution in [0.5, 0.6) is 5.75 Å². The molecule has 48 heavy (non-hydrogen) atoms. The molecule has 4 aromatic rings. The molecule has 7 rings (SSSR count). The number of allylic oxidation sites excluding steroid dienone is 2. The standard InChI is InChI=1S/C39H38BN3O5/c1-2-26-23-32-37(39(46)43(38(32)45)30-16-14-29(15-17-30)42-28-8-4-3-5-9-28)33-24-40(47)48-35(36(26)33)20-13-27(34-10-6-7-21-41-34)22-25-11-18-31(44)19-12-25/h3-12,14-19,21-22,32-33,35,37,42,44,47H,2,13,20,23-24H2,1H3/b27-22-/t32-,33+,35-,37-/m1/s1. The number of aromatic hydroxyl groups is 1. The van der Waals surface area contributed by atoms with Crippen LogP contribution in [0.3, 0.4) is 0 Å². The van der Waals surface area contributed by atoms with Crippen molar-refractivity contribution in [1.82, 2.24) is 4.98 Å². The van der Waals surface area contributed by atoms with Crippen molar-refractivity contribution in [3.05, 3.63) is 126 Å². The Kier molecular flexibility index (Phi) is 8.97. The highest BCUT2D eigenvalue weighted by Crippen LogP contribution is 2.52. The molecule has 1 aliphatic carbocycles. The van der Waals surface area contributed by atoms with Gasteiger partial charge in [0, 0.05) is 17.6 Å². The number of carbonyl (C=O) groups excluding carboxylic acids is 2. The van der Waals surface area contributed by atoms with Crippen LogP contribution in [0, 0.1) is 17.8 Å². The Labute approximate surface area is 280 Å². The summed E-state index contributed by atoms with van der Waals surface area (Å²) in [7, 11) is -1.04. The minimum absolute atomic E-state index is 0.175. The van der Waals surface area contributed by atoms with E-state index in [0.29, 0.717) is 24.9 Å². The zero-order valence-corrected chi connectivity index (χ0v) is 26.8. The number of amides is 2. The molecule has 4 atom stereocenters. The van der Waals surface area contributed by atoms with Gasteiger partial charge in [0.25, 0.3) is 0 Å². The third-order valence-electron chi connectivity index (χ3n) is 9.83. The van der Waals surface area contributed by atoms with E-state index in [1.54, 1.807) is 18.3 Å². The smallest absolute Gasteiger partial charge is 0.455 e. The van der Waals surface area contributed by atoms with Crippen molar-refractivity contribution < 1.29 is 24.4 Å². The minimum Gasteiger partial charge on any atom is -0.508 e. The number of hydrogen-bond acceptors (Lipinski definition) is 7. The summed E-state index contributed by atoms with van der Waals surface area (Å²) in [5.41, 5.74) is 7.35. The molecular weight excluding hydrogens is 601 g/mol. The Bertz CT molecular complexity index is 1840. The second-order valence-electron chi connectivity index (χ2n) is 12.7. The van der Waals surface area contributed by atoms with Crippen LogP contribution in [-0.2, 0) is 14.2 Å². The van der Waals surface area contributed by atoms with Crippen molar-refractivity contribution in [2.45, 2.75) is 45.0 Å². The predicted octanol–water partition coefficient (Wildman–Crippen LogP) is 7.26. The highest BCUT2D eigenvalue weighted by molar-refractivity contribution is 6.43. The van der Waals surface area contributed by atoms with Crippen molar-refractivity contribution >= 4 is 47.6 Å². The van der Waals surface area contributed by atoms with Crippen molar-refractivity contribution in [1.29, 1.82) is 0 Å². The summed E-state index contributed by atoms with van der Waals surface area (Å²) in [6.45, 7) is 2.09. The van der Waals surface area contributed by atoms with Gasteiger partial charge in [-0.05, 0) is 121 Å². The number of carbonyl (C=O) groups is 2. The van der Waals surface area contributed by atoms with Crippen LogP contribution < -0.4 is 10.2 Å². The highest BCUT2D eigenvalue weighted by Gasteiger charge is 2.57. The lowest BCUT2D eigenvalue weighted by molar-refractivity contribution is -0.122. The number of para-hydroxylation sites is 1. The second kappa shape index (κ2) is 13.6. The normalized spacial score (nSPS) is 22.5. The van der Waals surface area contributed by atoms with Crippen molar-refractivity contribution in [2.75, 3.05) is 10.2 Å². The highest BCUT2D eigenvalue weighted by atomic mass is 16.5. The van der Waals surface area contributed by atoms with Crippen molar-refractivity contribution in [3.8, 4) is 5.75 Å². The van der Waals surface area contributed by atoms with Crippen LogP contribution in [0.2, 0.25) is 6.32 Å². The third kappa shape index (κ3) is 6.31. The summed E-state index contributed by atoms with van der Waals surface area (Å²) in [5.74, 6) is -1.48. The first-order valence-electron chi connectivity index (χ1n) is 16.7. The van der Waals surface area contributed by atoms with E-state index in [2.05, 4.69) is 23.3 Å². The Balaban J connectivity index is 1.14. The maximum Gasteiger partial charge on any atom is 0.455 e. The molecule has 0 bridgehead atoms. The maximum absolute atomic E-state index is 14.2. The third-order valence-corrected chi connectivity index (χ3v) is 9.83. The molecular formula is C39H38BN3O5. The number of phenols is 1. The Morgan fingerprint density at radius 3 is 2.38 bits per heavy atom. The Morgan fingerprint density at radius 2 is 1.67 bits per heavy atom. The summed E-state index contributed by atoms with van der Waals surface area (Å²) in [6, 6.07) is 30.0. The lowest BCUT2D eigenvalue weighted by Gasteiger charge is -2.43. The number of rotatable bonds is 9. The van der Waals surface area contributed by atoms with E-state index >= 15 is 0 Å². The van der Waals surface area contributed by atoms with Gasteiger partial charge in [0.05, 0.1) is 29.3 Å². The molecule has 2 saturated heterocycles. The van der Waals surface area contributed by atoms with E-state index in [-0.39, 0.29) is 29.8 Å². The number of benzene rings is 3. The Hall–Kier alpha value is -4.99. The lowest BCUT2D eigenvalue weighted by atomic mass is 9.58. The molecule has 3 heterocycles. The number of fused-ring (bicyclic) bond motifs is 3. The van der Waals surface area contributed by atoms with Gasteiger partial charge in [0.2, 0.25) is 11.8 Å². The molecule has 9 heteroatoms. The fourth-order valence-corrected chi connectivity index (χ4v) is 7.62. The van der Waals surface area contributed by atoms with Crippen molar-refractivity contribution in [2.24, 2.45) is 17.8 Å². The van der Waals surface area contributed by atoms with Gasteiger partial charge >= 0.3 is 7.12 Å². The first kappa shape index (κ1) is 31.6. The van der Waals surface area contributed by atoms with Gasteiger partial charge in [-0.15, -0.1) is 0 Å². The number of nitrogens with one attached hydrogen (secondary N) is 1. The minimum atomic E-state index is -1.04. The summed E-state index contributed by atoms with van der Waals surface area (Å²) in [6.07, 6.45) is 6.13. The van der Waals surface area contributed by atoms with E-state index in [1.165, 1.54) is 4.90 Å². The molecule has 0 saturated carbocycles. The van der Waals surface area contributed by atoms with E-state index in [4.69, 9.17) is 4.65 Å². The number of hydrogen-bond donors (Lipinski definition) is 3. The number of pyridine rings is 1. The fourth-order valence-electron chi connectivity index (χ4n) is 7.62. The monoisotopic (exact) mass is 639 g/mol. The Morgan fingerprint density at radius 1 is 0.938 bits per heavy atom. The molecule has 3 N–H and O–H groups in total. The molecule has 2 aliphatic heterocycles. The fraction of sp³-hybridized carbons (Fsp3) is 0.256. The topological polar surface area (TPSA) is 112 Å². The molecule has 2 amide bonds. The number of imide groups is 1. The summed E-state index contributed by atoms with van der Waals surface area (Å²) < 4.78 is 6.22. The van der Waals surface area contributed by atoms with Gasteiger partial charge < -0.3 is 20.1 Å². The largest absolute Gasteiger partial charge is 0.508 e. The zero-order valence-electron chi connectivity index (χ0n) is 26.8. The van der Waals surface area contributed by atoms with Crippen LogP contribution in [0.1, 0.15) is 43.9 Å². The van der Waals surface area contributed by atoms with E-state index in [1.807, 2.05) is 84.9 Å². The molecule has 242 valence electrons. The van der Waals surface area contributed by atoms with Crippen LogP contribution in [0.15, 0.2) is 114 Å². The molecule has 0 unspecified atom stereocenters. The molecule has 3 aliphatic rings. The molecule has 1 aromatic heterocycles. The summed E-state index contributed by atoms with van der Waals surface area (Å²) in [4.78, 5) is 34.1. The molecule has 0 spiro atoms. The second-order valence-corrected chi connectivity index (χ2v) is 12.7. The first-order chi connectivity index (χ1) is 23.4. The van der Waals surface area contributed by atoms with Crippen molar-refractivity contribution in [3.63, 3.8) is 0 Å². The van der Waals surface area contributed by atoms with Gasteiger partial charge in [-0.1, -0.05) is 48.9 Å². The zero-order chi connectivity index (χ0) is 33.2. The van der Waals surface area contributed by atoms with E-state index < -0.39 is 25.1 Å². The van der Waals surface area contributed by atoms with Gasteiger partial charge in [-0.25, -0.2) is 0 Å². The van der Waals surface area contributed by atoms with E-state index in [9.17, 15) is 19.7 Å². The molecule has 8 nitrogen and oxygen atoms in total. The summed E-state index contributed by atoms with van der Waals surface area (Å²) >= 11 is 0. The van der Waals surface area contributed by atoms with Gasteiger partial charge in [-0.3, -0.25) is 19.5 Å². The SMILES string of the molecule is CCC1=C2[C@@H](CC/C(=C/c3ccc(O)cc3)c3ccccn3)OB(O)C[C@@H]2[C@@H]2C(=O)N(c3ccc(Nc4ccccc4)cc3)C(=O)[C@@H]2C1. The lowest BCUT2D eigenvalue weighted by Crippen LogP contribution is -2.46. The summed E-state index contributed by atoms with van der Waals surface area (Å²) in [5, 5.41) is 24.1. The van der Waals surface area contributed by atoms with Gasteiger partial charge in [0.15, 0.2) is 0 Å². The quantitative estimate of drug-likeness (QED) is 0.100.